The van der Waals surface area contributed by atoms with E-state index in [0.29, 0.717) is 18.1 Å². The predicted molar refractivity (Wildman–Crippen MR) is 70.3 cm³/mol. The van der Waals surface area contributed by atoms with Crippen LogP contribution < -0.4 is 11.1 Å². The average molecular weight is 270 g/mol. The van der Waals surface area contributed by atoms with Crippen LogP contribution in [0.5, 0.6) is 0 Å². The van der Waals surface area contributed by atoms with Gasteiger partial charge in [-0.2, -0.15) is 4.98 Å². The van der Waals surface area contributed by atoms with Gasteiger partial charge in [0.15, 0.2) is 5.82 Å². The molecule has 3 N–H and O–H groups in total. The van der Waals surface area contributed by atoms with Crippen molar-refractivity contribution in [1.29, 1.82) is 0 Å². The highest BCUT2D eigenvalue weighted by Gasteiger charge is 2.05. The van der Waals surface area contributed by atoms with E-state index < -0.39 is 0 Å². The molecule has 0 aliphatic rings. The molecule has 2 aromatic rings. The van der Waals surface area contributed by atoms with Crippen LogP contribution in [0.2, 0.25) is 5.28 Å². The molecule has 0 aliphatic heterocycles. The highest BCUT2D eigenvalue weighted by atomic mass is 35.5. The number of nitrogens with one attached hydrogen (secondary N) is 1. The summed E-state index contributed by atoms with van der Waals surface area (Å²) in [6.45, 7) is 2.69. The Morgan fingerprint density at radius 3 is 2.94 bits per heavy atom. The molecule has 2 rings (SSSR count). The fourth-order valence-corrected chi connectivity index (χ4v) is 2.20. The molecule has 0 saturated carbocycles. The Labute approximate surface area is 108 Å². The van der Waals surface area contributed by atoms with Crippen LogP contribution in [0.3, 0.4) is 0 Å². The number of rotatable bonds is 4. The van der Waals surface area contributed by atoms with Gasteiger partial charge in [-0.25, -0.2) is 9.97 Å². The molecule has 0 aliphatic carbocycles. The number of aromatic nitrogens is 3. The summed E-state index contributed by atoms with van der Waals surface area (Å²) in [5, 5.41) is 4.27. The lowest BCUT2D eigenvalue weighted by molar-refractivity contribution is 1.06. The zero-order valence-corrected chi connectivity index (χ0v) is 10.8. The first kappa shape index (κ1) is 12.1. The predicted octanol–water partition coefficient (Wildman–Crippen LogP) is 2.34. The van der Waals surface area contributed by atoms with Crippen molar-refractivity contribution in [3.05, 3.63) is 27.6 Å². The SMILES string of the molecule is CCc1cnc(CNc2nc(Cl)ncc2N)s1. The fraction of sp³-hybridized carbons (Fsp3) is 0.300. The molecule has 0 radical (unpaired) electrons. The highest BCUT2D eigenvalue weighted by molar-refractivity contribution is 7.11. The molecule has 17 heavy (non-hydrogen) atoms. The van der Waals surface area contributed by atoms with Gasteiger partial charge >= 0.3 is 0 Å². The molecular formula is C10H12ClN5S. The second-order valence-electron chi connectivity index (χ2n) is 3.37. The fourth-order valence-electron chi connectivity index (χ4n) is 1.26. The summed E-state index contributed by atoms with van der Waals surface area (Å²) in [4.78, 5) is 13.4. The van der Waals surface area contributed by atoms with Gasteiger partial charge in [0, 0.05) is 11.1 Å². The van der Waals surface area contributed by atoms with Crippen LogP contribution in [0.25, 0.3) is 0 Å². The third kappa shape index (κ3) is 3.04. The molecule has 0 amide bonds. The van der Waals surface area contributed by atoms with Gasteiger partial charge in [-0.3, -0.25) is 0 Å². The summed E-state index contributed by atoms with van der Waals surface area (Å²) in [6, 6.07) is 0. The number of hydrogen-bond acceptors (Lipinski definition) is 6. The summed E-state index contributed by atoms with van der Waals surface area (Å²) < 4.78 is 0. The van der Waals surface area contributed by atoms with E-state index in [2.05, 4.69) is 27.2 Å². The van der Waals surface area contributed by atoms with Gasteiger partial charge in [0.1, 0.15) is 5.01 Å². The van der Waals surface area contributed by atoms with E-state index in [0.717, 1.165) is 11.4 Å². The van der Waals surface area contributed by atoms with E-state index in [4.69, 9.17) is 17.3 Å². The zero-order chi connectivity index (χ0) is 12.3. The summed E-state index contributed by atoms with van der Waals surface area (Å²) in [5.41, 5.74) is 6.20. The quantitative estimate of drug-likeness (QED) is 0.833. The van der Waals surface area contributed by atoms with Gasteiger partial charge in [-0.15, -0.1) is 11.3 Å². The van der Waals surface area contributed by atoms with Gasteiger partial charge in [0.05, 0.1) is 18.4 Å². The third-order valence-corrected chi connectivity index (χ3v) is 3.47. The monoisotopic (exact) mass is 269 g/mol. The Morgan fingerprint density at radius 2 is 2.24 bits per heavy atom. The number of hydrogen-bond donors (Lipinski definition) is 2. The van der Waals surface area contributed by atoms with Crippen molar-refractivity contribution in [1.82, 2.24) is 15.0 Å². The lowest BCUT2D eigenvalue weighted by atomic mass is 10.4. The number of nitrogens with zero attached hydrogens (tertiary/aromatic N) is 3. The lowest BCUT2D eigenvalue weighted by Crippen LogP contribution is -2.05. The molecule has 5 nitrogen and oxygen atoms in total. The Kier molecular flexibility index (Phi) is 3.75. The van der Waals surface area contributed by atoms with Gasteiger partial charge in [-0.05, 0) is 18.0 Å². The first-order valence-electron chi connectivity index (χ1n) is 5.14. The van der Waals surface area contributed by atoms with Crippen LogP contribution in [-0.4, -0.2) is 15.0 Å². The van der Waals surface area contributed by atoms with Crippen molar-refractivity contribution in [2.45, 2.75) is 19.9 Å². The topological polar surface area (TPSA) is 76.7 Å². The lowest BCUT2D eigenvalue weighted by Gasteiger charge is -2.05. The molecular weight excluding hydrogens is 258 g/mol. The van der Waals surface area contributed by atoms with E-state index in [1.54, 1.807) is 11.3 Å². The summed E-state index contributed by atoms with van der Waals surface area (Å²) in [6.07, 6.45) is 4.37. The second-order valence-corrected chi connectivity index (χ2v) is 4.91. The molecule has 2 heterocycles. The first-order chi connectivity index (χ1) is 8.19. The van der Waals surface area contributed by atoms with Gasteiger partial charge in [0.25, 0.3) is 0 Å². The molecule has 0 spiro atoms. The van der Waals surface area contributed by atoms with Gasteiger partial charge in [0.2, 0.25) is 5.28 Å². The number of aryl methyl sites for hydroxylation is 1. The van der Waals surface area contributed by atoms with E-state index in [-0.39, 0.29) is 5.28 Å². The molecule has 0 saturated heterocycles. The minimum atomic E-state index is 0.176. The highest BCUT2D eigenvalue weighted by Crippen LogP contribution is 2.18. The van der Waals surface area contributed by atoms with Crippen molar-refractivity contribution >= 4 is 34.4 Å². The van der Waals surface area contributed by atoms with Crippen molar-refractivity contribution in [3.8, 4) is 0 Å². The Morgan fingerprint density at radius 1 is 1.41 bits per heavy atom. The van der Waals surface area contributed by atoms with Crippen LogP contribution in [-0.2, 0) is 13.0 Å². The zero-order valence-electron chi connectivity index (χ0n) is 9.27. The molecule has 0 bridgehead atoms. The first-order valence-corrected chi connectivity index (χ1v) is 6.34. The molecule has 0 unspecified atom stereocenters. The molecule has 2 aromatic heterocycles. The summed E-state index contributed by atoms with van der Waals surface area (Å²) in [5.74, 6) is 0.540. The largest absolute Gasteiger partial charge is 0.394 e. The number of nitrogens with two attached hydrogens (primary N) is 1. The van der Waals surface area contributed by atoms with Crippen molar-refractivity contribution in [3.63, 3.8) is 0 Å². The minimum Gasteiger partial charge on any atom is -0.394 e. The van der Waals surface area contributed by atoms with Crippen LogP contribution in [0.1, 0.15) is 16.8 Å². The molecule has 90 valence electrons. The standard InChI is InChI=1S/C10H12ClN5S/c1-2-6-3-13-8(17-6)5-14-9-7(12)4-15-10(11)16-9/h3-4H,2,5,12H2,1H3,(H,14,15,16). The minimum absolute atomic E-state index is 0.176. The number of nitrogen functional groups attached to an aromatic ring is 1. The maximum atomic E-state index is 5.72. The van der Waals surface area contributed by atoms with Crippen LogP contribution in [0, 0.1) is 0 Å². The summed E-state index contributed by atoms with van der Waals surface area (Å²) in [7, 11) is 0. The van der Waals surface area contributed by atoms with E-state index >= 15 is 0 Å². The average Bonchev–Trinajstić information content (AvgIpc) is 2.78. The van der Waals surface area contributed by atoms with Crippen LogP contribution in [0.15, 0.2) is 12.4 Å². The number of halogens is 1. The number of thiazole rings is 1. The van der Waals surface area contributed by atoms with E-state index in [1.807, 2.05) is 6.20 Å². The molecule has 0 aromatic carbocycles. The normalized spacial score (nSPS) is 10.5. The summed E-state index contributed by atoms with van der Waals surface area (Å²) >= 11 is 7.37. The Bertz CT molecular complexity index is 513. The molecule has 0 atom stereocenters. The van der Waals surface area contributed by atoms with Crippen molar-refractivity contribution in [2.24, 2.45) is 0 Å². The van der Waals surface area contributed by atoms with Gasteiger partial charge in [-0.1, -0.05) is 6.92 Å². The van der Waals surface area contributed by atoms with Gasteiger partial charge < -0.3 is 11.1 Å². The Hall–Kier alpha value is -1.40. The van der Waals surface area contributed by atoms with Crippen molar-refractivity contribution < 1.29 is 0 Å². The second kappa shape index (κ2) is 5.29. The molecule has 7 heteroatoms. The number of anilines is 2. The Balaban J connectivity index is 2.04. The van der Waals surface area contributed by atoms with E-state index in [9.17, 15) is 0 Å². The maximum absolute atomic E-state index is 5.72. The van der Waals surface area contributed by atoms with E-state index in [1.165, 1.54) is 11.1 Å². The molecule has 0 fully saturated rings. The smallest absolute Gasteiger partial charge is 0.224 e. The van der Waals surface area contributed by atoms with Crippen LogP contribution in [0.4, 0.5) is 11.5 Å². The van der Waals surface area contributed by atoms with Crippen LogP contribution >= 0.6 is 22.9 Å². The van der Waals surface area contributed by atoms with Crippen molar-refractivity contribution in [2.75, 3.05) is 11.1 Å². The third-order valence-electron chi connectivity index (χ3n) is 2.14. The maximum Gasteiger partial charge on any atom is 0.224 e.